The predicted molar refractivity (Wildman–Crippen MR) is 253 cm³/mol. The van der Waals surface area contributed by atoms with Crippen LogP contribution in [0.3, 0.4) is 0 Å². The summed E-state index contributed by atoms with van der Waals surface area (Å²) in [6.45, 7) is 4.62. The summed E-state index contributed by atoms with van der Waals surface area (Å²) in [7, 11) is 0. The molecule has 0 saturated heterocycles. The summed E-state index contributed by atoms with van der Waals surface area (Å²) in [6, 6.07) is 69.2. The van der Waals surface area contributed by atoms with Crippen molar-refractivity contribution in [3.63, 3.8) is 0 Å². The Hall–Kier alpha value is -5.74. The first-order valence-corrected chi connectivity index (χ1v) is 26.5. The molecule has 2 heterocycles. The molecule has 0 unspecified atom stereocenters. The first-order chi connectivity index (χ1) is 29.5. The second-order valence-corrected chi connectivity index (χ2v) is 24.9. The SMILES string of the molecule is C[Si](C)=[Zr+2].[Cl-].[Cl-].c1coc(-c2cc(-c3cc4ccccc4[cH-]3)c3c(ccc4ccccc43)c2)c1.c1coc(-c2cc(-c3cc4ccccc4[cH-]3)c3c(ccc4ccccc43)c2)c1. The van der Waals surface area contributed by atoms with E-state index in [0.717, 1.165) is 22.6 Å². The van der Waals surface area contributed by atoms with Crippen LogP contribution in [-0.2, 0) is 23.3 Å². The summed E-state index contributed by atoms with van der Waals surface area (Å²) >= 11 is 1.74. The maximum atomic E-state index is 5.71. The van der Waals surface area contributed by atoms with Crippen molar-refractivity contribution in [2.75, 3.05) is 0 Å². The molecule has 6 heteroatoms. The van der Waals surface area contributed by atoms with Crippen LogP contribution >= 0.6 is 0 Å². The van der Waals surface area contributed by atoms with E-state index in [0.29, 0.717) is 0 Å². The Morgan fingerprint density at radius 2 is 0.774 bits per heavy atom. The van der Waals surface area contributed by atoms with Crippen molar-refractivity contribution in [2.24, 2.45) is 0 Å². The predicted octanol–water partition coefficient (Wildman–Crippen LogP) is 10.4. The first kappa shape index (κ1) is 42.9. The van der Waals surface area contributed by atoms with Crippen molar-refractivity contribution < 1.29 is 57.0 Å². The summed E-state index contributed by atoms with van der Waals surface area (Å²) in [6.07, 6.45) is 3.47. The van der Waals surface area contributed by atoms with Gasteiger partial charge in [0.2, 0.25) is 0 Å². The number of hydrogen-bond acceptors (Lipinski definition) is 2. The molecule has 12 aromatic rings. The average Bonchev–Trinajstić information content (AvgIpc) is 4.13. The number of benzene rings is 8. The molecule has 0 aliphatic heterocycles. The Kier molecular flexibility index (Phi) is 13.0. The molecule has 0 saturated carbocycles. The molecule has 10 aromatic carbocycles. The van der Waals surface area contributed by atoms with Gasteiger partial charge in [0.25, 0.3) is 0 Å². The van der Waals surface area contributed by atoms with Crippen molar-refractivity contribution in [3.05, 3.63) is 207 Å². The fourth-order valence-corrected chi connectivity index (χ4v) is 8.53. The number of fused-ring (bicyclic) bond motifs is 8. The second kappa shape index (κ2) is 18.7. The molecule has 0 spiro atoms. The van der Waals surface area contributed by atoms with Crippen LogP contribution < -0.4 is 24.8 Å². The van der Waals surface area contributed by atoms with E-state index in [-0.39, 0.29) is 30.2 Å². The summed E-state index contributed by atoms with van der Waals surface area (Å²) in [5.74, 6) is 1.79. The smallest absolute Gasteiger partial charge is 0.133 e. The number of rotatable bonds is 4. The molecule has 0 aliphatic rings. The van der Waals surface area contributed by atoms with Crippen molar-refractivity contribution >= 4 is 70.1 Å². The number of hydrogen-bond donors (Lipinski definition) is 0. The van der Waals surface area contributed by atoms with E-state index >= 15 is 0 Å². The fourth-order valence-electron chi connectivity index (χ4n) is 8.53. The van der Waals surface area contributed by atoms with E-state index in [1.807, 2.05) is 24.3 Å². The Bertz CT molecular complexity index is 3190. The normalized spacial score (nSPS) is 10.9. The molecule has 0 fully saturated rings. The molecule has 12 rings (SSSR count). The summed E-state index contributed by atoms with van der Waals surface area (Å²) < 4.78 is 11.4. The molecule has 2 aromatic heterocycles. The van der Waals surface area contributed by atoms with Gasteiger partial charge >= 0.3 is 41.9 Å². The molecule has 0 bridgehead atoms. The minimum atomic E-state index is 0. The van der Waals surface area contributed by atoms with Gasteiger partial charge in [0.15, 0.2) is 0 Å². The zero-order valence-electron chi connectivity index (χ0n) is 34.2. The van der Waals surface area contributed by atoms with Crippen LogP contribution in [0.4, 0.5) is 0 Å². The molecule has 300 valence electrons. The summed E-state index contributed by atoms with van der Waals surface area (Å²) in [4.78, 5) is 0. The van der Waals surface area contributed by atoms with E-state index in [4.69, 9.17) is 8.83 Å². The molecule has 0 atom stereocenters. The third-order valence-electron chi connectivity index (χ3n) is 11.2. The van der Waals surface area contributed by atoms with Crippen molar-refractivity contribution in [2.45, 2.75) is 13.1 Å². The monoisotopic (exact) mass is 932 g/mol. The van der Waals surface area contributed by atoms with Gasteiger partial charge in [-0.15, -0.1) is 69.1 Å². The molecule has 0 radical (unpaired) electrons. The van der Waals surface area contributed by atoms with Gasteiger partial charge < -0.3 is 33.6 Å². The largest absolute Gasteiger partial charge is 1.00 e. The van der Waals surface area contributed by atoms with Crippen molar-refractivity contribution in [3.8, 4) is 44.9 Å². The topological polar surface area (TPSA) is 26.3 Å². The quantitative estimate of drug-likeness (QED) is 0.0999. The van der Waals surface area contributed by atoms with Crippen molar-refractivity contribution in [1.82, 2.24) is 0 Å². The molecule has 0 aliphatic carbocycles. The van der Waals surface area contributed by atoms with E-state index < -0.39 is 0 Å². The van der Waals surface area contributed by atoms with Gasteiger partial charge in [-0.2, -0.15) is 0 Å². The average molecular weight is 935 g/mol. The van der Waals surface area contributed by atoms with E-state index in [9.17, 15) is 0 Å². The van der Waals surface area contributed by atoms with Gasteiger partial charge in [-0.1, -0.05) is 132 Å². The van der Waals surface area contributed by atoms with Crippen LogP contribution in [0, 0.1) is 0 Å². The fraction of sp³-hybridized carbons (Fsp3) is 0.0357. The zero-order valence-corrected chi connectivity index (χ0v) is 39.2. The summed E-state index contributed by atoms with van der Waals surface area (Å²) in [5.41, 5.74) is 7.41. The molecule has 0 N–H and O–H groups in total. The van der Waals surface area contributed by atoms with Gasteiger partial charge in [0.05, 0.1) is 12.5 Å². The zero-order chi connectivity index (χ0) is 40.6. The molecular formula is C56H40Cl2O2SiZr-2. The molecule has 62 heavy (non-hydrogen) atoms. The number of furan rings is 2. The molecule has 2 nitrogen and oxygen atoms in total. The minimum Gasteiger partial charge on any atom is -1.00 e. The Morgan fingerprint density at radius 3 is 1.16 bits per heavy atom. The Labute approximate surface area is 388 Å². The molecular weight excluding hydrogens is 895 g/mol. The molecule has 0 amide bonds. The standard InChI is InChI=1S/2C27H17O.C2H6Si.2ClH.Zr/c2*1-2-8-20-15-22(14-19(20)7-1)25-17-23(26-10-5-13-28-26)16-21-12-11-18-6-3-4-9-24(18)27(21)25;1-3-2;;;/h2*1-17H;1-2H3;2*1H;/q2*-1;;;;+2/p-2. The van der Waals surface area contributed by atoms with Crippen LogP contribution in [0.15, 0.2) is 215 Å². The third kappa shape index (κ3) is 8.54. The second-order valence-electron chi connectivity index (χ2n) is 15.5. The number of halogens is 2. The van der Waals surface area contributed by atoms with Crippen LogP contribution in [-0.4, -0.2) is 5.43 Å². The first-order valence-electron chi connectivity index (χ1n) is 20.3. The third-order valence-corrected chi connectivity index (χ3v) is 11.2. The maximum Gasteiger partial charge on any atom is 0.133 e. The van der Waals surface area contributed by atoms with E-state index in [1.165, 1.54) is 86.9 Å². The van der Waals surface area contributed by atoms with Gasteiger partial charge in [-0.05, 0) is 79.5 Å². The van der Waals surface area contributed by atoms with Gasteiger partial charge in [-0.3, -0.25) is 0 Å². The Morgan fingerprint density at radius 1 is 0.403 bits per heavy atom. The van der Waals surface area contributed by atoms with Crippen molar-refractivity contribution in [1.29, 1.82) is 0 Å². The summed E-state index contributed by atoms with van der Waals surface area (Å²) in [5, 5.41) is 15.2. The van der Waals surface area contributed by atoms with Crippen LogP contribution in [0.1, 0.15) is 0 Å². The maximum absolute atomic E-state index is 5.71. The van der Waals surface area contributed by atoms with E-state index in [2.05, 4.69) is 183 Å². The van der Waals surface area contributed by atoms with Gasteiger partial charge in [0.1, 0.15) is 11.5 Å². The van der Waals surface area contributed by atoms with Crippen LogP contribution in [0.2, 0.25) is 13.1 Å². The Balaban J connectivity index is 0.000000153. The van der Waals surface area contributed by atoms with Gasteiger partial charge in [-0.25, -0.2) is 0 Å². The van der Waals surface area contributed by atoms with E-state index in [1.54, 1.807) is 35.9 Å². The van der Waals surface area contributed by atoms with Gasteiger partial charge in [0, 0.05) is 11.1 Å². The minimum absolute atomic E-state index is 0. The van der Waals surface area contributed by atoms with Crippen LogP contribution in [0.25, 0.3) is 110 Å². The van der Waals surface area contributed by atoms with Crippen LogP contribution in [0.5, 0.6) is 0 Å².